The van der Waals surface area contributed by atoms with Crippen molar-refractivity contribution < 1.29 is 4.79 Å². The van der Waals surface area contributed by atoms with Crippen molar-refractivity contribution in [3.05, 3.63) is 66.2 Å². The predicted molar refractivity (Wildman–Crippen MR) is 91.3 cm³/mol. The van der Waals surface area contributed by atoms with E-state index in [2.05, 4.69) is 20.5 Å². The highest BCUT2D eigenvalue weighted by Crippen LogP contribution is 2.18. The number of amides is 1. The third-order valence-electron chi connectivity index (χ3n) is 3.17. The molecule has 0 saturated heterocycles. The summed E-state index contributed by atoms with van der Waals surface area (Å²) in [5.74, 6) is 1.40. The number of thioether (sulfide) groups is 1. The molecule has 0 bridgehead atoms. The van der Waals surface area contributed by atoms with Crippen LogP contribution in [0.3, 0.4) is 0 Å². The minimum Gasteiger partial charge on any atom is -0.351 e. The summed E-state index contributed by atoms with van der Waals surface area (Å²) in [4.78, 5) is 16.3. The fourth-order valence-electron chi connectivity index (χ4n) is 2.03. The van der Waals surface area contributed by atoms with Gasteiger partial charge < -0.3 is 5.32 Å². The number of aromatic nitrogens is 3. The molecule has 0 saturated carbocycles. The van der Waals surface area contributed by atoms with Crippen molar-refractivity contribution >= 4 is 17.7 Å². The highest BCUT2D eigenvalue weighted by Gasteiger charge is 2.07. The molecule has 0 spiro atoms. The Morgan fingerprint density at radius 2 is 1.74 bits per heavy atom. The summed E-state index contributed by atoms with van der Waals surface area (Å²) < 4.78 is 0. The van der Waals surface area contributed by atoms with Crippen LogP contribution in [0.25, 0.3) is 11.4 Å². The van der Waals surface area contributed by atoms with E-state index in [-0.39, 0.29) is 5.91 Å². The van der Waals surface area contributed by atoms with Crippen LogP contribution in [0.1, 0.15) is 10.4 Å². The van der Waals surface area contributed by atoms with Gasteiger partial charge in [0, 0.05) is 23.4 Å². The topological polar surface area (TPSA) is 70.7 Å². The van der Waals surface area contributed by atoms with Gasteiger partial charge in [0.05, 0.1) is 0 Å². The SMILES string of the molecule is O=C(NCCSc1n[nH]c(-c2ccccc2)n1)c1ccccc1. The Morgan fingerprint density at radius 1 is 1.04 bits per heavy atom. The van der Waals surface area contributed by atoms with E-state index >= 15 is 0 Å². The number of benzene rings is 2. The molecule has 0 aliphatic carbocycles. The number of hydrogen-bond acceptors (Lipinski definition) is 4. The summed E-state index contributed by atoms with van der Waals surface area (Å²) in [5, 5.41) is 10.7. The molecule has 3 rings (SSSR count). The van der Waals surface area contributed by atoms with Gasteiger partial charge in [-0.15, -0.1) is 5.10 Å². The molecule has 0 aliphatic heterocycles. The number of carbonyl (C=O) groups is 1. The Hall–Kier alpha value is -2.60. The fourth-order valence-corrected chi connectivity index (χ4v) is 2.69. The van der Waals surface area contributed by atoms with Crippen LogP contribution in [0, 0.1) is 0 Å². The summed E-state index contributed by atoms with van der Waals surface area (Å²) in [6, 6.07) is 19.0. The van der Waals surface area contributed by atoms with Gasteiger partial charge in [0.2, 0.25) is 5.16 Å². The maximum Gasteiger partial charge on any atom is 0.251 e. The molecule has 0 fully saturated rings. The lowest BCUT2D eigenvalue weighted by molar-refractivity contribution is 0.0956. The molecule has 1 aromatic heterocycles. The van der Waals surface area contributed by atoms with Crippen LogP contribution in [-0.4, -0.2) is 33.4 Å². The van der Waals surface area contributed by atoms with Gasteiger partial charge in [-0.2, -0.15) is 0 Å². The Morgan fingerprint density at radius 3 is 2.48 bits per heavy atom. The molecule has 3 aromatic rings. The second-order valence-electron chi connectivity index (χ2n) is 4.80. The molecule has 0 unspecified atom stereocenters. The first-order chi connectivity index (χ1) is 11.3. The zero-order valence-electron chi connectivity index (χ0n) is 12.4. The smallest absolute Gasteiger partial charge is 0.251 e. The van der Waals surface area contributed by atoms with Crippen LogP contribution in [0.2, 0.25) is 0 Å². The van der Waals surface area contributed by atoms with Crippen molar-refractivity contribution in [2.75, 3.05) is 12.3 Å². The van der Waals surface area contributed by atoms with E-state index in [4.69, 9.17) is 0 Å². The van der Waals surface area contributed by atoms with Crippen LogP contribution in [0.15, 0.2) is 65.8 Å². The van der Waals surface area contributed by atoms with Gasteiger partial charge in [0.1, 0.15) is 0 Å². The average molecular weight is 324 g/mol. The van der Waals surface area contributed by atoms with Gasteiger partial charge in [-0.05, 0) is 12.1 Å². The second-order valence-corrected chi connectivity index (χ2v) is 5.87. The van der Waals surface area contributed by atoms with Gasteiger partial charge in [-0.3, -0.25) is 9.89 Å². The van der Waals surface area contributed by atoms with Gasteiger partial charge in [0.15, 0.2) is 5.82 Å². The van der Waals surface area contributed by atoms with Crippen LogP contribution in [0.4, 0.5) is 0 Å². The number of rotatable bonds is 6. The maximum atomic E-state index is 11.9. The standard InChI is InChI=1S/C17H16N4OS/c22-16(14-9-5-2-6-10-14)18-11-12-23-17-19-15(20-21-17)13-7-3-1-4-8-13/h1-10H,11-12H2,(H,18,22)(H,19,20,21). The van der Waals surface area contributed by atoms with Gasteiger partial charge in [-0.1, -0.05) is 60.3 Å². The van der Waals surface area contributed by atoms with E-state index in [1.54, 1.807) is 12.1 Å². The van der Waals surface area contributed by atoms with E-state index in [9.17, 15) is 4.79 Å². The third-order valence-corrected chi connectivity index (χ3v) is 4.02. The minimum absolute atomic E-state index is 0.0637. The average Bonchev–Trinajstić information content (AvgIpc) is 3.09. The lowest BCUT2D eigenvalue weighted by atomic mass is 10.2. The highest BCUT2D eigenvalue weighted by molar-refractivity contribution is 7.99. The number of hydrogen-bond donors (Lipinski definition) is 2. The van der Waals surface area contributed by atoms with Crippen molar-refractivity contribution in [1.82, 2.24) is 20.5 Å². The van der Waals surface area contributed by atoms with Crippen molar-refractivity contribution in [2.45, 2.75) is 5.16 Å². The lowest BCUT2D eigenvalue weighted by Gasteiger charge is -2.03. The second kappa shape index (κ2) is 7.60. The number of nitrogens with one attached hydrogen (secondary N) is 2. The zero-order valence-corrected chi connectivity index (χ0v) is 13.2. The summed E-state index contributed by atoms with van der Waals surface area (Å²) in [7, 11) is 0. The largest absolute Gasteiger partial charge is 0.351 e. The Labute approximate surface area is 138 Å². The first kappa shape index (κ1) is 15.3. The Kier molecular flexibility index (Phi) is 5.06. The molecule has 1 amide bonds. The first-order valence-corrected chi connectivity index (χ1v) is 8.25. The number of nitrogens with zero attached hydrogens (tertiary/aromatic N) is 2. The maximum absolute atomic E-state index is 11.9. The highest BCUT2D eigenvalue weighted by atomic mass is 32.2. The molecular formula is C17H16N4OS. The molecule has 0 radical (unpaired) electrons. The van der Waals surface area contributed by atoms with Crippen LogP contribution in [-0.2, 0) is 0 Å². The normalized spacial score (nSPS) is 10.4. The van der Waals surface area contributed by atoms with Gasteiger partial charge >= 0.3 is 0 Å². The monoisotopic (exact) mass is 324 g/mol. The summed E-state index contributed by atoms with van der Waals surface area (Å²) in [6.45, 7) is 0.563. The molecule has 0 aliphatic rings. The van der Waals surface area contributed by atoms with Crippen molar-refractivity contribution in [3.8, 4) is 11.4 Å². The Balaban J connectivity index is 1.46. The Bertz CT molecular complexity index is 759. The fraction of sp³-hybridized carbons (Fsp3) is 0.118. The molecule has 2 aromatic carbocycles. The van der Waals surface area contributed by atoms with Gasteiger partial charge in [-0.25, -0.2) is 4.98 Å². The summed E-state index contributed by atoms with van der Waals surface area (Å²) in [5.41, 5.74) is 1.67. The van der Waals surface area contributed by atoms with Crippen LogP contribution in [0.5, 0.6) is 0 Å². The first-order valence-electron chi connectivity index (χ1n) is 7.27. The third kappa shape index (κ3) is 4.20. The number of H-pyrrole nitrogens is 1. The number of aromatic amines is 1. The molecule has 1 heterocycles. The molecule has 2 N–H and O–H groups in total. The van der Waals surface area contributed by atoms with E-state index in [0.29, 0.717) is 23.0 Å². The van der Waals surface area contributed by atoms with E-state index in [1.807, 2.05) is 48.5 Å². The molecule has 0 atom stereocenters. The van der Waals surface area contributed by atoms with E-state index in [0.717, 1.165) is 11.4 Å². The summed E-state index contributed by atoms with van der Waals surface area (Å²) in [6.07, 6.45) is 0. The molecular weight excluding hydrogens is 308 g/mol. The molecule has 6 heteroatoms. The molecule has 23 heavy (non-hydrogen) atoms. The molecule has 5 nitrogen and oxygen atoms in total. The van der Waals surface area contributed by atoms with Gasteiger partial charge in [0.25, 0.3) is 5.91 Å². The van der Waals surface area contributed by atoms with Crippen LogP contribution >= 0.6 is 11.8 Å². The van der Waals surface area contributed by atoms with Crippen molar-refractivity contribution in [3.63, 3.8) is 0 Å². The minimum atomic E-state index is -0.0637. The predicted octanol–water partition coefficient (Wildman–Crippen LogP) is 2.99. The quantitative estimate of drug-likeness (QED) is 0.540. The summed E-state index contributed by atoms with van der Waals surface area (Å²) >= 11 is 1.50. The molecule has 116 valence electrons. The van der Waals surface area contributed by atoms with Crippen molar-refractivity contribution in [2.24, 2.45) is 0 Å². The van der Waals surface area contributed by atoms with E-state index in [1.165, 1.54) is 11.8 Å². The zero-order chi connectivity index (χ0) is 15.9. The lowest BCUT2D eigenvalue weighted by Crippen LogP contribution is -2.25. The number of carbonyl (C=O) groups excluding carboxylic acids is 1. The van der Waals surface area contributed by atoms with E-state index < -0.39 is 0 Å². The van der Waals surface area contributed by atoms with Crippen molar-refractivity contribution in [1.29, 1.82) is 0 Å². The van der Waals surface area contributed by atoms with Crippen LogP contribution < -0.4 is 5.32 Å².